The van der Waals surface area contributed by atoms with Gasteiger partial charge in [0.05, 0.1) is 4.87 Å². The number of hydrogen-bond acceptors (Lipinski definition) is 3. The third-order valence-corrected chi connectivity index (χ3v) is 7.45. The fourth-order valence-electron chi connectivity index (χ4n) is 3.88. The highest BCUT2D eigenvalue weighted by Gasteiger charge is 2.47. The summed E-state index contributed by atoms with van der Waals surface area (Å²) in [7, 11) is 0. The Balaban J connectivity index is 1.46. The van der Waals surface area contributed by atoms with Gasteiger partial charge in [-0.25, -0.2) is 0 Å². The molecule has 4 nitrogen and oxygen atoms in total. The number of carbonyl (C=O) groups excluding carboxylic acids is 2. The quantitative estimate of drug-likeness (QED) is 0.694. The first kappa shape index (κ1) is 18.6. The molecule has 0 atom stereocenters. The van der Waals surface area contributed by atoms with E-state index in [-0.39, 0.29) is 16.7 Å². The molecular formula is C21H21BrN2O2S. The monoisotopic (exact) mass is 444 g/mol. The molecular weight excluding hydrogens is 424 g/mol. The zero-order valence-corrected chi connectivity index (χ0v) is 17.3. The van der Waals surface area contributed by atoms with Gasteiger partial charge < -0.3 is 9.80 Å². The van der Waals surface area contributed by atoms with E-state index < -0.39 is 0 Å². The predicted molar refractivity (Wildman–Crippen MR) is 112 cm³/mol. The highest BCUT2D eigenvalue weighted by Crippen LogP contribution is 2.44. The predicted octanol–water partition coefficient (Wildman–Crippen LogP) is 4.27. The van der Waals surface area contributed by atoms with Crippen molar-refractivity contribution in [3.05, 3.63) is 70.2 Å². The van der Waals surface area contributed by atoms with E-state index >= 15 is 0 Å². The number of halogens is 1. The third kappa shape index (κ3) is 3.65. The SMILES string of the molecule is O=C(c1ccc(Br)cc1)N1CCC2(CC1)SCCN2C(=O)c1ccccc1. The number of amides is 2. The van der Waals surface area contributed by atoms with Crippen LogP contribution in [-0.4, -0.2) is 51.9 Å². The Kier molecular flexibility index (Phi) is 5.28. The van der Waals surface area contributed by atoms with Crippen molar-refractivity contribution in [2.75, 3.05) is 25.4 Å². The van der Waals surface area contributed by atoms with Crippen LogP contribution in [-0.2, 0) is 0 Å². The van der Waals surface area contributed by atoms with Crippen LogP contribution in [0.1, 0.15) is 33.6 Å². The molecule has 0 radical (unpaired) electrons. The van der Waals surface area contributed by atoms with Gasteiger partial charge in [0, 0.05) is 41.0 Å². The second kappa shape index (κ2) is 7.68. The van der Waals surface area contributed by atoms with Crippen molar-refractivity contribution in [2.24, 2.45) is 0 Å². The van der Waals surface area contributed by atoms with Gasteiger partial charge in [0.1, 0.15) is 0 Å². The molecule has 0 unspecified atom stereocenters. The molecule has 2 aliphatic rings. The van der Waals surface area contributed by atoms with Gasteiger partial charge in [-0.1, -0.05) is 34.1 Å². The lowest BCUT2D eigenvalue weighted by atomic mass is 10.00. The molecule has 6 heteroatoms. The molecule has 27 heavy (non-hydrogen) atoms. The standard InChI is InChI=1S/C21H21BrN2O2S/c22-18-8-6-17(7-9-18)19(25)23-12-10-21(11-13-23)24(14-15-27-21)20(26)16-4-2-1-3-5-16/h1-9H,10-15H2. The van der Waals surface area contributed by atoms with Crippen LogP contribution >= 0.6 is 27.7 Å². The molecule has 1 spiro atoms. The maximum atomic E-state index is 13.0. The molecule has 0 aliphatic carbocycles. The van der Waals surface area contributed by atoms with Crippen LogP contribution in [0, 0.1) is 0 Å². The lowest BCUT2D eigenvalue weighted by Gasteiger charge is -2.44. The van der Waals surface area contributed by atoms with Gasteiger partial charge in [-0.3, -0.25) is 9.59 Å². The van der Waals surface area contributed by atoms with Gasteiger partial charge in [-0.15, -0.1) is 11.8 Å². The minimum absolute atomic E-state index is 0.0706. The molecule has 0 aromatic heterocycles. The molecule has 2 aromatic rings. The summed E-state index contributed by atoms with van der Waals surface area (Å²) in [5, 5.41) is 0. The molecule has 2 saturated heterocycles. The smallest absolute Gasteiger partial charge is 0.254 e. The summed E-state index contributed by atoms with van der Waals surface area (Å²) >= 11 is 5.27. The van der Waals surface area contributed by atoms with Gasteiger partial charge in [0.2, 0.25) is 0 Å². The summed E-state index contributed by atoms with van der Waals surface area (Å²) in [5.74, 6) is 1.13. The Morgan fingerprint density at radius 1 is 0.852 bits per heavy atom. The number of piperidine rings is 1. The fourth-order valence-corrected chi connectivity index (χ4v) is 5.60. The van der Waals surface area contributed by atoms with Gasteiger partial charge in [0.25, 0.3) is 11.8 Å². The summed E-state index contributed by atoms with van der Waals surface area (Å²) in [6.45, 7) is 2.14. The summed E-state index contributed by atoms with van der Waals surface area (Å²) in [6, 6.07) is 17.0. The maximum absolute atomic E-state index is 13.0. The van der Waals surface area contributed by atoms with Crippen LogP contribution in [0.3, 0.4) is 0 Å². The van der Waals surface area contributed by atoms with Crippen molar-refractivity contribution in [2.45, 2.75) is 17.7 Å². The molecule has 2 fully saturated rings. The first-order valence-corrected chi connectivity index (χ1v) is 10.9. The van der Waals surface area contributed by atoms with Crippen molar-refractivity contribution in [1.29, 1.82) is 0 Å². The van der Waals surface area contributed by atoms with Crippen LogP contribution < -0.4 is 0 Å². The van der Waals surface area contributed by atoms with E-state index in [2.05, 4.69) is 15.9 Å². The highest BCUT2D eigenvalue weighted by molar-refractivity contribution is 9.10. The molecule has 2 amide bonds. The normalized spacial score (nSPS) is 18.7. The van der Waals surface area contributed by atoms with Crippen LogP contribution in [0.4, 0.5) is 0 Å². The van der Waals surface area contributed by atoms with Crippen LogP contribution in [0.15, 0.2) is 59.1 Å². The molecule has 0 saturated carbocycles. The Morgan fingerprint density at radius 3 is 2.15 bits per heavy atom. The molecule has 2 aromatic carbocycles. The number of nitrogens with zero attached hydrogens (tertiary/aromatic N) is 2. The third-order valence-electron chi connectivity index (χ3n) is 5.37. The van der Waals surface area contributed by atoms with E-state index in [0.717, 1.165) is 35.2 Å². The zero-order chi connectivity index (χ0) is 18.9. The Bertz CT molecular complexity index is 833. The first-order valence-electron chi connectivity index (χ1n) is 9.15. The van der Waals surface area contributed by atoms with Gasteiger partial charge in [-0.05, 0) is 49.2 Å². The van der Waals surface area contributed by atoms with Crippen LogP contribution in [0.25, 0.3) is 0 Å². The number of hydrogen-bond donors (Lipinski definition) is 0. The van der Waals surface area contributed by atoms with Crippen molar-refractivity contribution < 1.29 is 9.59 Å². The summed E-state index contributed by atoms with van der Waals surface area (Å²) in [5.41, 5.74) is 1.46. The molecule has 2 heterocycles. The van der Waals surface area contributed by atoms with E-state index in [0.29, 0.717) is 18.7 Å². The first-order chi connectivity index (χ1) is 13.1. The molecule has 0 bridgehead atoms. The van der Waals surface area contributed by atoms with Crippen molar-refractivity contribution in [3.63, 3.8) is 0 Å². The Hall–Kier alpha value is -1.79. The van der Waals surface area contributed by atoms with Crippen LogP contribution in [0.5, 0.6) is 0 Å². The maximum Gasteiger partial charge on any atom is 0.254 e. The topological polar surface area (TPSA) is 40.6 Å². The summed E-state index contributed by atoms with van der Waals surface area (Å²) in [6.07, 6.45) is 1.64. The average Bonchev–Trinajstić information content (AvgIpc) is 3.11. The number of likely N-dealkylation sites (tertiary alicyclic amines) is 1. The molecule has 140 valence electrons. The van der Waals surface area contributed by atoms with Crippen molar-refractivity contribution in [3.8, 4) is 0 Å². The number of carbonyl (C=O) groups is 2. The zero-order valence-electron chi connectivity index (χ0n) is 14.9. The summed E-state index contributed by atoms with van der Waals surface area (Å²) in [4.78, 5) is 29.6. The summed E-state index contributed by atoms with van der Waals surface area (Å²) < 4.78 is 0.967. The van der Waals surface area contributed by atoms with Crippen molar-refractivity contribution >= 4 is 39.5 Å². The van der Waals surface area contributed by atoms with E-state index in [1.807, 2.05) is 76.2 Å². The molecule has 2 aliphatic heterocycles. The largest absolute Gasteiger partial charge is 0.338 e. The minimum atomic E-state index is -0.177. The van der Waals surface area contributed by atoms with E-state index in [4.69, 9.17) is 0 Å². The molecule has 4 rings (SSSR count). The number of thioether (sulfide) groups is 1. The van der Waals surface area contributed by atoms with Crippen LogP contribution in [0.2, 0.25) is 0 Å². The van der Waals surface area contributed by atoms with Crippen molar-refractivity contribution in [1.82, 2.24) is 9.80 Å². The van der Waals surface area contributed by atoms with E-state index in [9.17, 15) is 9.59 Å². The highest BCUT2D eigenvalue weighted by atomic mass is 79.9. The average molecular weight is 445 g/mol. The lowest BCUT2D eigenvalue weighted by Crippen LogP contribution is -2.53. The number of benzene rings is 2. The molecule has 0 N–H and O–H groups in total. The minimum Gasteiger partial charge on any atom is -0.338 e. The lowest BCUT2D eigenvalue weighted by molar-refractivity contribution is 0.0498. The van der Waals surface area contributed by atoms with Gasteiger partial charge in [0.15, 0.2) is 0 Å². The van der Waals surface area contributed by atoms with Gasteiger partial charge in [-0.2, -0.15) is 0 Å². The van der Waals surface area contributed by atoms with Gasteiger partial charge >= 0.3 is 0 Å². The second-order valence-electron chi connectivity index (χ2n) is 6.92. The van der Waals surface area contributed by atoms with E-state index in [1.165, 1.54) is 0 Å². The fraction of sp³-hybridized carbons (Fsp3) is 0.333. The van der Waals surface area contributed by atoms with E-state index in [1.54, 1.807) is 0 Å². The number of rotatable bonds is 2. The Morgan fingerprint density at radius 2 is 1.48 bits per heavy atom. The second-order valence-corrected chi connectivity index (χ2v) is 9.29. The Labute approximate surface area is 172 Å².